The Bertz CT molecular complexity index is 520. The predicted octanol–water partition coefficient (Wildman–Crippen LogP) is 2.38. The van der Waals surface area contributed by atoms with Crippen LogP contribution in [0.1, 0.15) is 39.7 Å². The summed E-state index contributed by atoms with van der Waals surface area (Å²) in [6.45, 7) is 7.87. The van der Waals surface area contributed by atoms with Crippen molar-refractivity contribution >= 4 is 12.0 Å². The molecule has 0 aliphatic rings. The topological polar surface area (TPSA) is 93.4 Å². The number of amides is 2. The van der Waals surface area contributed by atoms with Crippen molar-refractivity contribution < 1.29 is 14.3 Å². The molecule has 4 N–H and O–H groups in total. The van der Waals surface area contributed by atoms with E-state index < -0.39 is 18.3 Å². The molecule has 2 amide bonds. The fraction of sp³-hybridized carbons (Fsp3) is 0.556. The number of benzene rings is 1. The van der Waals surface area contributed by atoms with Gasteiger partial charge in [0.1, 0.15) is 12.6 Å². The summed E-state index contributed by atoms with van der Waals surface area (Å²) in [6, 6.07) is 8.70. The summed E-state index contributed by atoms with van der Waals surface area (Å²) in [6.07, 6.45) is -0.322. The minimum atomic E-state index is -0.678. The van der Waals surface area contributed by atoms with Crippen LogP contribution < -0.4 is 16.4 Å². The van der Waals surface area contributed by atoms with Gasteiger partial charge in [-0.2, -0.15) is 0 Å². The summed E-state index contributed by atoms with van der Waals surface area (Å²) < 4.78 is 5.19. The molecule has 0 heterocycles. The number of carbonyl (C=O) groups is 2. The molecule has 0 aliphatic carbocycles. The lowest BCUT2D eigenvalue weighted by atomic mass is 9.98. The van der Waals surface area contributed by atoms with E-state index in [4.69, 9.17) is 10.5 Å². The molecule has 0 aliphatic heterocycles. The summed E-state index contributed by atoms with van der Waals surface area (Å²) in [4.78, 5) is 24.4. The van der Waals surface area contributed by atoms with Gasteiger partial charge in [-0.3, -0.25) is 4.79 Å². The van der Waals surface area contributed by atoms with Gasteiger partial charge in [0.05, 0.1) is 6.17 Å². The molecular weight excluding hydrogens is 306 g/mol. The molecule has 24 heavy (non-hydrogen) atoms. The lowest BCUT2D eigenvalue weighted by molar-refractivity contribution is -0.125. The molecule has 0 fully saturated rings. The quantitative estimate of drug-likeness (QED) is 0.636. The Balaban J connectivity index is 2.61. The number of carbonyl (C=O) groups excluding carboxylic acids is 2. The summed E-state index contributed by atoms with van der Waals surface area (Å²) in [5.41, 5.74) is 6.77. The van der Waals surface area contributed by atoms with Crippen LogP contribution in [0.25, 0.3) is 0 Å². The van der Waals surface area contributed by atoms with Crippen LogP contribution in [0.2, 0.25) is 0 Å². The van der Waals surface area contributed by atoms with Crippen molar-refractivity contribution in [3.8, 4) is 0 Å². The Kier molecular flexibility index (Phi) is 8.26. The molecule has 3 atom stereocenters. The maximum atomic E-state index is 12.4. The summed E-state index contributed by atoms with van der Waals surface area (Å²) in [7, 11) is 0. The maximum Gasteiger partial charge on any atom is 0.408 e. The smallest absolute Gasteiger partial charge is 0.408 e. The minimum Gasteiger partial charge on any atom is -0.445 e. The molecule has 1 aromatic rings. The van der Waals surface area contributed by atoms with Crippen LogP contribution in [0.3, 0.4) is 0 Å². The highest BCUT2D eigenvalue weighted by Crippen LogP contribution is 2.10. The van der Waals surface area contributed by atoms with Gasteiger partial charge in [-0.05, 0) is 17.4 Å². The average molecular weight is 335 g/mol. The molecule has 0 saturated heterocycles. The van der Waals surface area contributed by atoms with E-state index in [0.29, 0.717) is 0 Å². The van der Waals surface area contributed by atoms with Crippen molar-refractivity contribution in [1.29, 1.82) is 0 Å². The van der Waals surface area contributed by atoms with E-state index in [1.165, 1.54) is 0 Å². The van der Waals surface area contributed by atoms with E-state index in [0.717, 1.165) is 12.0 Å². The average Bonchev–Trinajstić information content (AvgIpc) is 2.57. The molecule has 1 unspecified atom stereocenters. The molecular formula is C18H29N3O3. The van der Waals surface area contributed by atoms with Crippen LogP contribution in [0, 0.1) is 11.8 Å². The van der Waals surface area contributed by atoms with E-state index in [9.17, 15) is 9.59 Å². The second kappa shape index (κ2) is 9.93. The van der Waals surface area contributed by atoms with Crippen LogP contribution in [0.4, 0.5) is 4.79 Å². The van der Waals surface area contributed by atoms with Gasteiger partial charge in [-0.15, -0.1) is 0 Å². The van der Waals surface area contributed by atoms with Gasteiger partial charge in [0.25, 0.3) is 0 Å². The van der Waals surface area contributed by atoms with E-state index in [-0.39, 0.29) is 24.3 Å². The van der Waals surface area contributed by atoms with E-state index >= 15 is 0 Å². The summed E-state index contributed by atoms with van der Waals surface area (Å²) in [5, 5.41) is 5.40. The van der Waals surface area contributed by atoms with Gasteiger partial charge in [0.2, 0.25) is 5.91 Å². The highest BCUT2D eigenvalue weighted by atomic mass is 16.5. The van der Waals surface area contributed by atoms with Crippen molar-refractivity contribution in [1.82, 2.24) is 10.6 Å². The second-order valence-electron chi connectivity index (χ2n) is 6.35. The van der Waals surface area contributed by atoms with Crippen molar-refractivity contribution in [2.45, 2.75) is 52.9 Å². The van der Waals surface area contributed by atoms with Gasteiger partial charge >= 0.3 is 6.09 Å². The van der Waals surface area contributed by atoms with Crippen LogP contribution in [-0.2, 0) is 16.1 Å². The molecule has 0 spiro atoms. The first-order valence-electron chi connectivity index (χ1n) is 8.38. The zero-order chi connectivity index (χ0) is 18.1. The molecule has 1 aromatic carbocycles. The first-order valence-corrected chi connectivity index (χ1v) is 8.38. The van der Waals surface area contributed by atoms with Crippen LogP contribution in [0.5, 0.6) is 0 Å². The SMILES string of the molecule is CC[C@H](C)[C@H](NC(=O)OCc1ccccc1)C(=O)NC(N)C(C)C. The molecule has 0 aromatic heterocycles. The molecule has 134 valence electrons. The molecule has 6 heteroatoms. The zero-order valence-corrected chi connectivity index (χ0v) is 14.9. The number of alkyl carbamates (subject to hydrolysis) is 1. The zero-order valence-electron chi connectivity index (χ0n) is 14.9. The molecule has 6 nitrogen and oxygen atoms in total. The number of hydrogen-bond donors (Lipinski definition) is 3. The van der Waals surface area contributed by atoms with Crippen molar-refractivity contribution in [2.75, 3.05) is 0 Å². The summed E-state index contributed by atoms with van der Waals surface area (Å²) >= 11 is 0. The highest BCUT2D eigenvalue weighted by molar-refractivity contribution is 5.86. The number of nitrogens with two attached hydrogens (primary N) is 1. The number of hydrogen-bond acceptors (Lipinski definition) is 4. The monoisotopic (exact) mass is 335 g/mol. The third-order valence-corrected chi connectivity index (χ3v) is 4.01. The molecule has 0 radical (unpaired) electrons. The Morgan fingerprint density at radius 3 is 2.29 bits per heavy atom. The lowest BCUT2D eigenvalue weighted by Crippen LogP contribution is -2.55. The largest absolute Gasteiger partial charge is 0.445 e. The fourth-order valence-electron chi connectivity index (χ4n) is 2.01. The van der Waals surface area contributed by atoms with E-state index in [1.54, 1.807) is 0 Å². The van der Waals surface area contributed by atoms with E-state index in [2.05, 4.69) is 10.6 Å². The number of ether oxygens (including phenoxy) is 1. The lowest BCUT2D eigenvalue weighted by Gasteiger charge is -2.26. The third-order valence-electron chi connectivity index (χ3n) is 4.01. The molecule has 1 rings (SSSR count). The minimum absolute atomic E-state index is 0.0337. The van der Waals surface area contributed by atoms with Crippen molar-refractivity contribution in [2.24, 2.45) is 17.6 Å². The fourth-order valence-corrected chi connectivity index (χ4v) is 2.01. The molecule has 0 saturated carbocycles. The summed E-state index contributed by atoms with van der Waals surface area (Å²) in [5.74, 6) is -0.215. The van der Waals surface area contributed by atoms with Crippen molar-refractivity contribution in [3.63, 3.8) is 0 Å². The van der Waals surface area contributed by atoms with E-state index in [1.807, 2.05) is 58.0 Å². The third kappa shape index (κ3) is 6.58. The Morgan fingerprint density at radius 2 is 1.75 bits per heavy atom. The first kappa shape index (κ1) is 20.0. The van der Waals surface area contributed by atoms with Gasteiger partial charge in [0, 0.05) is 0 Å². The Labute approximate surface area is 144 Å². The number of nitrogens with one attached hydrogen (secondary N) is 2. The van der Waals surface area contributed by atoms with Gasteiger partial charge in [0.15, 0.2) is 0 Å². The first-order chi connectivity index (χ1) is 11.3. The Morgan fingerprint density at radius 1 is 1.12 bits per heavy atom. The van der Waals surface area contributed by atoms with Gasteiger partial charge < -0.3 is 21.1 Å². The second-order valence-corrected chi connectivity index (χ2v) is 6.35. The van der Waals surface area contributed by atoms with Crippen LogP contribution in [0.15, 0.2) is 30.3 Å². The van der Waals surface area contributed by atoms with Crippen LogP contribution >= 0.6 is 0 Å². The van der Waals surface area contributed by atoms with Gasteiger partial charge in [-0.25, -0.2) is 4.79 Å². The number of rotatable bonds is 8. The molecule has 0 bridgehead atoms. The van der Waals surface area contributed by atoms with Crippen molar-refractivity contribution in [3.05, 3.63) is 35.9 Å². The van der Waals surface area contributed by atoms with Crippen LogP contribution in [-0.4, -0.2) is 24.2 Å². The highest BCUT2D eigenvalue weighted by Gasteiger charge is 2.28. The van der Waals surface area contributed by atoms with Gasteiger partial charge in [-0.1, -0.05) is 64.4 Å². The maximum absolute atomic E-state index is 12.4. The Hall–Kier alpha value is -2.08. The normalized spacial score (nSPS) is 14.6. The predicted molar refractivity (Wildman–Crippen MR) is 94.0 cm³/mol. The standard InChI is InChI=1S/C18H29N3O3/c1-5-13(4)15(17(22)21-16(19)12(2)3)20-18(23)24-11-14-9-7-6-8-10-14/h6-10,12-13,15-16H,5,11,19H2,1-4H3,(H,20,23)(H,21,22)/t13-,15-,16?/m0/s1.